The van der Waals surface area contributed by atoms with E-state index >= 15 is 0 Å². The predicted octanol–water partition coefficient (Wildman–Crippen LogP) is 2.28. The number of hydrogen-bond donors (Lipinski definition) is 0. The minimum atomic E-state index is -4.03. The molecule has 0 radical (unpaired) electrons. The number of likely N-dealkylation sites (tertiary alicyclic amines) is 1. The van der Waals surface area contributed by atoms with E-state index in [1.165, 1.54) is 4.90 Å². The molecule has 0 N–H and O–H groups in total. The lowest BCUT2D eigenvalue weighted by molar-refractivity contribution is -0.149. The molecule has 1 atom stereocenters. The van der Waals surface area contributed by atoms with Crippen molar-refractivity contribution < 1.29 is 13.2 Å². The molecule has 0 amide bonds. The average molecular weight is 181 g/mol. The second-order valence-electron chi connectivity index (χ2n) is 3.60. The Bertz CT molecular complexity index is 144. The first-order chi connectivity index (χ1) is 5.47. The molecule has 4 heteroatoms. The molecule has 0 aromatic rings. The highest BCUT2D eigenvalue weighted by atomic mass is 19.4. The summed E-state index contributed by atoms with van der Waals surface area (Å²) >= 11 is 0. The van der Waals surface area contributed by atoms with E-state index in [-0.39, 0.29) is 0 Å². The van der Waals surface area contributed by atoms with Crippen molar-refractivity contribution in [2.24, 2.45) is 5.92 Å². The Morgan fingerprint density at radius 1 is 1.42 bits per heavy atom. The van der Waals surface area contributed by atoms with E-state index in [1.807, 2.05) is 6.92 Å². The third kappa shape index (κ3) is 3.43. The molecule has 1 aliphatic rings. The Morgan fingerprint density at radius 2 is 2.08 bits per heavy atom. The van der Waals surface area contributed by atoms with Gasteiger partial charge in [0.2, 0.25) is 0 Å². The van der Waals surface area contributed by atoms with Gasteiger partial charge in [0, 0.05) is 6.54 Å². The first kappa shape index (κ1) is 9.84. The molecule has 1 rings (SSSR count). The van der Waals surface area contributed by atoms with Crippen LogP contribution in [-0.4, -0.2) is 30.7 Å². The summed E-state index contributed by atoms with van der Waals surface area (Å²) in [6.07, 6.45) is -2.07. The molecule has 0 aliphatic carbocycles. The van der Waals surface area contributed by atoms with E-state index in [1.54, 1.807) is 0 Å². The van der Waals surface area contributed by atoms with Gasteiger partial charge in [-0.2, -0.15) is 13.2 Å². The molecule has 1 aliphatic heterocycles. The quantitative estimate of drug-likeness (QED) is 0.600. The van der Waals surface area contributed by atoms with Crippen LogP contribution >= 0.6 is 0 Å². The predicted molar refractivity (Wildman–Crippen MR) is 40.9 cm³/mol. The van der Waals surface area contributed by atoms with Crippen molar-refractivity contribution in [3.05, 3.63) is 0 Å². The van der Waals surface area contributed by atoms with Crippen LogP contribution in [-0.2, 0) is 0 Å². The zero-order chi connectivity index (χ0) is 9.19. The molecule has 0 saturated carbocycles. The van der Waals surface area contributed by atoms with Crippen molar-refractivity contribution >= 4 is 0 Å². The van der Waals surface area contributed by atoms with Crippen LogP contribution in [0.2, 0.25) is 0 Å². The Balaban J connectivity index is 2.32. The van der Waals surface area contributed by atoms with Crippen LogP contribution in [0.5, 0.6) is 0 Å². The molecule has 12 heavy (non-hydrogen) atoms. The van der Waals surface area contributed by atoms with Crippen LogP contribution in [0.1, 0.15) is 19.8 Å². The van der Waals surface area contributed by atoms with Crippen LogP contribution in [0.3, 0.4) is 0 Å². The molecule has 1 unspecified atom stereocenters. The van der Waals surface area contributed by atoms with Crippen LogP contribution in [0.15, 0.2) is 0 Å². The Hall–Kier alpha value is -0.250. The minimum absolute atomic E-state index is 0.418. The maximum atomic E-state index is 11.9. The van der Waals surface area contributed by atoms with Gasteiger partial charge in [0.15, 0.2) is 0 Å². The highest BCUT2D eigenvalue weighted by molar-refractivity contribution is 4.71. The second-order valence-corrected chi connectivity index (χ2v) is 3.60. The van der Waals surface area contributed by atoms with Gasteiger partial charge in [0.05, 0.1) is 6.54 Å². The van der Waals surface area contributed by atoms with Gasteiger partial charge in [-0.25, -0.2) is 0 Å². The van der Waals surface area contributed by atoms with Crippen LogP contribution < -0.4 is 0 Å². The molecular weight excluding hydrogens is 167 g/mol. The number of rotatable bonds is 1. The van der Waals surface area contributed by atoms with E-state index < -0.39 is 12.7 Å². The van der Waals surface area contributed by atoms with E-state index in [9.17, 15) is 13.2 Å². The largest absolute Gasteiger partial charge is 0.401 e. The van der Waals surface area contributed by atoms with E-state index in [2.05, 4.69) is 0 Å². The number of halogens is 3. The van der Waals surface area contributed by atoms with Gasteiger partial charge in [-0.1, -0.05) is 6.92 Å². The summed E-state index contributed by atoms with van der Waals surface area (Å²) in [5.74, 6) is 0.418. The molecule has 1 fully saturated rings. The fourth-order valence-corrected chi connectivity index (χ4v) is 1.68. The van der Waals surface area contributed by atoms with Gasteiger partial charge in [-0.05, 0) is 25.3 Å². The molecule has 0 aromatic carbocycles. The first-order valence-corrected chi connectivity index (χ1v) is 4.26. The summed E-state index contributed by atoms with van der Waals surface area (Å²) in [5.41, 5.74) is 0. The number of piperidine rings is 1. The monoisotopic (exact) mass is 181 g/mol. The van der Waals surface area contributed by atoms with E-state index in [4.69, 9.17) is 0 Å². The molecule has 0 spiro atoms. The topological polar surface area (TPSA) is 3.24 Å². The van der Waals surface area contributed by atoms with E-state index in [0.717, 1.165) is 12.8 Å². The van der Waals surface area contributed by atoms with Crippen molar-refractivity contribution in [1.82, 2.24) is 4.90 Å². The maximum Gasteiger partial charge on any atom is 0.401 e. The lowest BCUT2D eigenvalue weighted by atomic mass is 10.0. The van der Waals surface area contributed by atoms with Gasteiger partial charge in [-0.3, -0.25) is 4.90 Å². The smallest absolute Gasteiger partial charge is 0.295 e. The summed E-state index contributed by atoms with van der Waals surface area (Å²) in [6.45, 7) is 2.46. The summed E-state index contributed by atoms with van der Waals surface area (Å²) in [6, 6.07) is 0. The van der Waals surface area contributed by atoms with E-state index in [0.29, 0.717) is 19.0 Å². The lowest BCUT2D eigenvalue weighted by Crippen LogP contribution is -2.40. The van der Waals surface area contributed by atoms with Crippen molar-refractivity contribution in [2.45, 2.75) is 25.9 Å². The number of hydrogen-bond acceptors (Lipinski definition) is 1. The van der Waals surface area contributed by atoms with Crippen molar-refractivity contribution in [3.63, 3.8) is 0 Å². The summed E-state index contributed by atoms with van der Waals surface area (Å²) in [4.78, 5) is 1.49. The normalized spacial score (nSPS) is 27.5. The van der Waals surface area contributed by atoms with Gasteiger partial charge in [-0.15, -0.1) is 0 Å². The van der Waals surface area contributed by atoms with Gasteiger partial charge in [0.1, 0.15) is 0 Å². The first-order valence-electron chi connectivity index (χ1n) is 4.26. The van der Waals surface area contributed by atoms with Crippen LogP contribution in [0, 0.1) is 5.92 Å². The SMILES string of the molecule is CC1CCCN(CC(F)(F)F)C1. The van der Waals surface area contributed by atoms with Crippen LogP contribution in [0.25, 0.3) is 0 Å². The maximum absolute atomic E-state index is 11.9. The molecule has 1 saturated heterocycles. The number of nitrogens with zero attached hydrogens (tertiary/aromatic N) is 1. The fourth-order valence-electron chi connectivity index (χ4n) is 1.68. The molecule has 0 aromatic heterocycles. The lowest BCUT2D eigenvalue weighted by Gasteiger charge is -2.31. The Labute approximate surface area is 70.5 Å². The Kier molecular flexibility index (Phi) is 2.99. The van der Waals surface area contributed by atoms with Gasteiger partial charge in [0.25, 0.3) is 0 Å². The Morgan fingerprint density at radius 3 is 2.58 bits per heavy atom. The summed E-state index contributed by atoms with van der Waals surface area (Å²) in [5, 5.41) is 0. The second kappa shape index (κ2) is 3.64. The highest BCUT2D eigenvalue weighted by Crippen LogP contribution is 2.21. The zero-order valence-electron chi connectivity index (χ0n) is 7.19. The van der Waals surface area contributed by atoms with Gasteiger partial charge < -0.3 is 0 Å². The highest BCUT2D eigenvalue weighted by Gasteiger charge is 2.32. The summed E-state index contributed by atoms with van der Waals surface area (Å²) < 4.78 is 35.8. The number of alkyl halides is 3. The standard InChI is InChI=1S/C8H14F3N/c1-7-3-2-4-12(5-7)6-8(9,10)11/h7H,2-6H2,1H3. The average Bonchev–Trinajstić information content (AvgIpc) is 1.82. The van der Waals surface area contributed by atoms with Crippen LogP contribution in [0.4, 0.5) is 13.2 Å². The molecule has 1 nitrogen and oxygen atoms in total. The zero-order valence-corrected chi connectivity index (χ0v) is 7.19. The molecule has 72 valence electrons. The fraction of sp³-hybridized carbons (Fsp3) is 1.00. The molecule has 1 heterocycles. The molecule has 0 bridgehead atoms. The van der Waals surface area contributed by atoms with Crippen molar-refractivity contribution in [1.29, 1.82) is 0 Å². The summed E-state index contributed by atoms with van der Waals surface area (Å²) in [7, 11) is 0. The minimum Gasteiger partial charge on any atom is -0.295 e. The van der Waals surface area contributed by atoms with Gasteiger partial charge >= 0.3 is 6.18 Å². The van der Waals surface area contributed by atoms with Crippen molar-refractivity contribution in [3.8, 4) is 0 Å². The van der Waals surface area contributed by atoms with Crippen molar-refractivity contribution in [2.75, 3.05) is 19.6 Å². The third-order valence-electron chi connectivity index (χ3n) is 2.14. The molecular formula is C8H14F3N. The third-order valence-corrected chi connectivity index (χ3v) is 2.14.